The standard InChI is InChI=1S/C9H16N4O2S/c1-6-7(5-10)8(12-11-6)16(14,15)13-9(2)3-4-9/h13H,3-5,10H2,1-2H3,(H,11,12). The number of hydrogen-bond acceptors (Lipinski definition) is 4. The maximum absolute atomic E-state index is 12.0. The normalized spacial score (nSPS) is 18.7. The van der Waals surface area contributed by atoms with Crippen molar-refractivity contribution in [3.05, 3.63) is 11.3 Å². The van der Waals surface area contributed by atoms with E-state index in [0.29, 0.717) is 11.3 Å². The molecule has 0 atom stereocenters. The Morgan fingerprint density at radius 1 is 1.56 bits per heavy atom. The average Bonchev–Trinajstić information content (AvgIpc) is 2.76. The summed E-state index contributed by atoms with van der Waals surface area (Å²) < 4.78 is 26.7. The molecule has 90 valence electrons. The van der Waals surface area contributed by atoms with Gasteiger partial charge in [0.05, 0.1) is 0 Å². The van der Waals surface area contributed by atoms with Crippen LogP contribution in [0.4, 0.5) is 0 Å². The van der Waals surface area contributed by atoms with E-state index in [1.54, 1.807) is 6.92 Å². The number of rotatable bonds is 4. The number of aryl methyl sites for hydroxylation is 1. The molecule has 1 aliphatic carbocycles. The van der Waals surface area contributed by atoms with Crippen LogP contribution in [-0.2, 0) is 16.6 Å². The molecule has 0 radical (unpaired) electrons. The monoisotopic (exact) mass is 244 g/mol. The van der Waals surface area contributed by atoms with Crippen LogP contribution in [0.5, 0.6) is 0 Å². The summed E-state index contributed by atoms with van der Waals surface area (Å²) in [4.78, 5) is 0. The van der Waals surface area contributed by atoms with Crippen molar-refractivity contribution in [1.82, 2.24) is 14.9 Å². The minimum atomic E-state index is -3.55. The summed E-state index contributed by atoms with van der Waals surface area (Å²) in [6, 6.07) is 0. The predicted octanol–water partition coefficient (Wildman–Crippen LogP) is 0.00762. The van der Waals surface area contributed by atoms with Crippen molar-refractivity contribution in [1.29, 1.82) is 0 Å². The van der Waals surface area contributed by atoms with Crippen LogP contribution in [0, 0.1) is 6.92 Å². The molecule has 1 aromatic rings. The van der Waals surface area contributed by atoms with Gasteiger partial charge in [-0.05, 0) is 26.7 Å². The Morgan fingerprint density at radius 2 is 2.19 bits per heavy atom. The van der Waals surface area contributed by atoms with Crippen LogP contribution in [-0.4, -0.2) is 24.2 Å². The van der Waals surface area contributed by atoms with E-state index in [1.165, 1.54) is 0 Å². The van der Waals surface area contributed by atoms with E-state index in [9.17, 15) is 8.42 Å². The van der Waals surface area contributed by atoms with Crippen molar-refractivity contribution in [2.45, 2.75) is 43.8 Å². The van der Waals surface area contributed by atoms with Gasteiger partial charge in [-0.1, -0.05) is 0 Å². The van der Waals surface area contributed by atoms with Crippen molar-refractivity contribution in [3.8, 4) is 0 Å². The zero-order valence-electron chi connectivity index (χ0n) is 9.37. The van der Waals surface area contributed by atoms with Gasteiger partial charge in [0.1, 0.15) is 0 Å². The van der Waals surface area contributed by atoms with Gasteiger partial charge in [-0.3, -0.25) is 5.10 Å². The summed E-state index contributed by atoms with van der Waals surface area (Å²) in [6.07, 6.45) is 1.74. The molecule has 0 saturated heterocycles. The lowest BCUT2D eigenvalue weighted by Crippen LogP contribution is -2.35. The molecule has 1 heterocycles. The number of nitrogens with one attached hydrogen (secondary N) is 2. The van der Waals surface area contributed by atoms with Crippen molar-refractivity contribution < 1.29 is 8.42 Å². The summed E-state index contributed by atoms with van der Waals surface area (Å²) in [5.74, 6) is 0. The van der Waals surface area contributed by atoms with Crippen LogP contribution in [0.25, 0.3) is 0 Å². The lowest BCUT2D eigenvalue weighted by Gasteiger charge is -2.11. The van der Waals surface area contributed by atoms with Crippen molar-refractivity contribution in [3.63, 3.8) is 0 Å². The first-order valence-electron chi connectivity index (χ1n) is 5.16. The van der Waals surface area contributed by atoms with Crippen molar-refractivity contribution in [2.24, 2.45) is 5.73 Å². The van der Waals surface area contributed by atoms with Gasteiger partial charge in [0.2, 0.25) is 0 Å². The smallest absolute Gasteiger partial charge is 0.260 e. The summed E-state index contributed by atoms with van der Waals surface area (Å²) >= 11 is 0. The van der Waals surface area contributed by atoms with Gasteiger partial charge in [0.15, 0.2) is 5.03 Å². The molecule has 1 aromatic heterocycles. The third-order valence-corrected chi connectivity index (χ3v) is 4.48. The Balaban J connectivity index is 2.35. The van der Waals surface area contributed by atoms with E-state index in [-0.39, 0.29) is 17.1 Å². The van der Waals surface area contributed by atoms with Crippen LogP contribution in [0.2, 0.25) is 0 Å². The second kappa shape index (κ2) is 3.54. The van der Waals surface area contributed by atoms with Crippen LogP contribution in [0.3, 0.4) is 0 Å². The van der Waals surface area contributed by atoms with Gasteiger partial charge in [0, 0.05) is 23.3 Å². The van der Waals surface area contributed by atoms with Gasteiger partial charge >= 0.3 is 0 Å². The number of nitrogens with zero attached hydrogens (tertiary/aromatic N) is 1. The topological polar surface area (TPSA) is 101 Å². The highest BCUT2D eigenvalue weighted by Crippen LogP contribution is 2.36. The summed E-state index contributed by atoms with van der Waals surface area (Å²) in [6.45, 7) is 3.80. The van der Waals surface area contributed by atoms with Crippen LogP contribution in [0.15, 0.2) is 5.03 Å². The SMILES string of the molecule is Cc1[nH]nc(S(=O)(=O)NC2(C)CC2)c1CN. The Hall–Kier alpha value is -0.920. The average molecular weight is 244 g/mol. The molecule has 1 fully saturated rings. The van der Waals surface area contributed by atoms with E-state index >= 15 is 0 Å². The molecule has 0 aromatic carbocycles. The third kappa shape index (κ3) is 1.98. The van der Waals surface area contributed by atoms with Gasteiger partial charge in [-0.25, -0.2) is 13.1 Å². The third-order valence-electron chi connectivity index (χ3n) is 2.88. The number of sulfonamides is 1. The maximum atomic E-state index is 12.0. The molecule has 7 heteroatoms. The fourth-order valence-electron chi connectivity index (χ4n) is 1.55. The minimum Gasteiger partial charge on any atom is -0.326 e. The first-order chi connectivity index (χ1) is 7.38. The lowest BCUT2D eigenvalue weighted by atomic mass is 10.3. The predicted molar refractivity (Wildman–Crippen MR) is 59.2 cm³/mol. The van der Waals surface area contributed by atoms with Crippen LogP contribution >= 0.6 is 0 Å². The van der Waals surface area contributed by atoms with Gasteiger partial charge in [0.25, 0.3) is 10.0 Å². The first kappa shape index (κ1) is 11.6. The molecule has 2 rings (SSSR count). The van der Waals surface area contributed by atoms with Crippen molar-refractivity contribution >= 4 is 10.0 Å². The van der Waals surface area contributed by atoms with Crippen molar-refractivity contribution in [2.75, 3.05) is 0 Å². The maximum Gasteiger partial charge on any atom is 0.260 e. The molecule has 6 nitrogen and oxygen atoms in total. The minimum absolute atomic E-state index is 0.0284. The Bertz CT molecular complexity index is 502. The highest BCUT2D eigenvalue weighted by Gasteiger charge is 2.42. The molecule has 0 unspecified atom stereocenters. The molecular weight excluding hydrogens is 228 g/mol. The molecule has 0 bridgehead atoms. The molecule has 0 amide bonds. The van der Waals surface area contributed by atoms with Gasteiger partial charge in [-0.15, -0.1) is 0 Å². The van der Waals surface area contributed by atoms with E-state index in [2.05, 4.69) is 14.9 Å². The molecular formula is C9H16N4O2S. The fraction of sp³-hybridized carbons (Fsp3) is 0.667. The summed E-state index contributed by atoms with van der Waals surface area (Å²) in [5, 5.41) is 6.49. The summed E-state index contributed by atoms with van der Waals surface area (Å²) in [7, 11) is -3.55. The Kier molecular flexibility index (Phi) is 2.56. The zero-order valence-corrected chi connectivity index (χ0v) is 10.2. The van der Waals surface area contributed by atoms with Gasteiger partial charge in [-0.2, -0.15) is 5.10 Å². The van der Waals surface area contributed by atoms with E-state index in [4.69, 9.17) is 5.73 Å². The number of hydrogen-bond donors (Lipinski definition) is 3. The quantitative estimate of drug-likeness (QED) is 0.694. The van der Waals surface area contributed by atoms with Crippen LogP contribution in [0.1, 0.15) is 31.0 Å². The summed E-state index contributed by atoms with van der Waals surface area (Å²) in [5.41, 5.74) is 6.48. The second-order valence-electron chi connectivity index (χ2n) is 4.50. The largest absolute Gasteiger partial charge is 0.326 e. The van der Waals surface area contributed by atoms with Gasteiger partial charge < -0.3 is 5.73 Å². The molecule has 0 aliphatic heterocycles. The number of aromatic nitrogens is 2. The van der Waals surface area contributed by atoms with E-state index in [0.717, 1.165) is 12.8 Å². The highest BCUT2D eigenvalue weighted by atomic mass is 32.2. The fourth-order valence-corrected chi connectivity index (χ4v) is 3.23. The molecule has 1 aliphatic rings. The van der Waals surface area contributed by atoms with Crippen LogP contribution < -0.4 is 10.5 Å². The molecule has 16 heavy (non-hydrogen) atoms. The number of aromatic amines is 1. The highest BCUT2D eigenvalue weighted by molar-refractivity contribution is 7.89. The molecule has 1 saturated carbocycles. The van der Waals surface area contributed by atoms with E-state index < -0.39 is 10.0 Å². The zero-order chi connectivity index (χ0) is 12.0. The molecule has 0 spiro atoms. The Labute approximate surface area is 94.7 Å². The van der Waals surface area contributed by atoms with E-state index in [1.807, 2.05) is 6.92 Å². The number of nitrogens with two attached hydrogens (primary N) is 1. The number of H-pyrrole nitrogens is 1. The Morgan fingerprint density at radius 3 is 2.69 bits per heavy atom. The lowest BCUT2D eigenvalue weighted by molar-refractivity contribution is 0.553. The molecule has 4 N–H and O–H groups in total. The second-order valence-corrected chi connectivity index (χ2v) is 6.10. The first-order valence-corrected chi connectivity index (χ1v) is 6.64.